The number of hydrogen-bond donors (Lipinski definition) is 1. The highest BCUT2D eigenvalue weighted by atomic mass is 35.5. The molecule has 2 heterocycles. The zero-order valence-corrected chi connectivity index (χ0v) is 10.8. The van der Waals surface area contributed by atoms with Gasteiger partial charge in [-0.05, 0) is 30.8 Å². The molecule has 1 aromatic heterocycles. The third-order valence-electron chi connectivity index (χ3n) is 2.81. The Morgan fingerprint density at radius 3 is 3.12 bits per heavy atom. The minimum Gasteiger partial charge on any atom is -0.339 e. The van der Waals surface area contributed by atoms with Crippen LogP contribution in [0.25, 0.3) is 0 Å². The van der Waals surface area contributed by atoms with Crippen LogP contribution < -0.4 is 5.32 Å². The lowest BCUT2D eigenvalue weighted by atomic mass is 10.2. The average Bonchev–Trinajstić information content (AvgIpc) is 2.88. The summed E-state index contributed by atoms with van der Waals surface area (Å²) in [5, 5.41) is 5.78. The fraction of sp³-hybridized carbons (Fsp3) is 0.545. The molecular formula is C11H15ClN2OS. The van der Waals surface area contributed by atoms with Crippen LogP contribution in [0.3, 0.4) is 0 Å². The van der Waals surface area contributed by atoms with Gasteiger partial charge in [-0.2, -0.15) is 0 Å². The molecule has 3 nitrogen and oxygen atoms in total. The summed E-state index contributed by atoms with van der Waals surface area (Å²) in [6, 6.07) is 2.20. The minimum absolute atomic E-state index is 0.0219. The van der Waals surface area contributed by atoms with Gasteiger partial charge in [0, 0.05) is 19.6 Å². The molecule has 1 aliphatic rings. The Kier molecular flexibility index (Phi) is 3.84. The van der Waals surface area contributed by atoms with Crippen LogP contribution >= 0.6 is 22.9 Å². The molecule has 1 unspecified atom stereocenters. The van der Waals surface area contributed by atoms with E-state index in [2.05, 4.69) is 5.32 Å². The second kappa shape index (κ2) is 5.17. The lowest BCUT2D eigenvalue weighted by Gasteiger charge is -2.20. The van der Waals surface area contributed by atoms with Gasteiger partial charge in [0.1, 0.15) is 4.88 Å². The van der Waals surface area contributed by atoms with Gasteiger partial charge in [-0.1, -0.05) is 11.6 Å². The van der Waals surface area contributed by atoms with Crippen LogP contribution in [0.4, 0.5) is 0 Å². The maximum atomic E-state index is 12.0. The fourth-order valence-corrected chi connectivity index (χ4v) is 3.08. The highest BCUT2D eigenvalue weighted by Crippen LogP contribution is 2.23. The molecule has 1 amide bonds. The zero-order valence-electron chi connectivity index (χ0n) is 9.20. The molecule has 1 saturated heterocycles. The molecule has 5 heteroatoms. The van der Waals surface area contributed by atoms with Gasteiger partial charge in [-0.25, -0.2) is 0 Å². The average molecular weight is 259 g/mol. The van der Waals surface area contributed by atoms with E-state index in [0.717, 1.165) is 19.5 Å². The van der Waals surface area contributed by atoms with Gasteiger partial charge in [0.2, 0.25) is 0 Å². The summed E-state index contributed by atoms with van der Waals surface area (Å²) in [7, 11) is 1.83. The van der Waals surface area contributed by atoms with Crippen molar-refractivity contribution in [2.75, 3.05) is 20.1 Å². The Balaban J connectivity index is 1.96. The van der Waals surface area contributed by atoms with Crippen molar-refractivity contribution in [1.82, 2.24) is 10.2 Å². The fourth-order valence-electron chi connectivity index (χ4n) is 1.95. The predicted molar refractivity (Wildman–Crippen MR) is 67.3 cm³/mol. The topological polar surface area (TPSA) is 32.3 Å². The summed E-state index contributed by atoms with van der Waals surface area (Å²) < 4.78 is 0. The quantitative estimate of drug-likeness (QED) is 0.902. The number of nitrogens with zero attached hydrogens (tertiary/aromatic N) is 1. The highest BCUT2D eigenvalue weighted by molar-refractivity contribution is 7.12. The van der Waals surface area contributed by atoms with E-state index in [4.69, 9.17) is 11.6 Å². The normalized spacial score (nSPS) is 20.0. The number of hydrogen-bond acceptors (Lipinski definition) is 3. The maximum absolute atomic E-state index is 12.0. The molecule has 0 aliphatic carbocycles. The first-order valence-corrected chi connectivity index (χ1v) is 6.66. The molecule has 0 radical (unpaired) electrons. The highest BCUT2D eigenvalue weighted by Gasteiger charge is 2.21. The van der Waals surface area contributed by atoms with Gasteiger partial charge in [-0.15, -0.1) is 11.3 Å². The minimum atomic E-state index is 0.0219. The molecule has 16 heavy (non-hydrogen) atoms. The summed E-state index contributed by atoms with van der Waals surface area (Å²) in [5.74, 6) is 0.0219. The Morgan fingerprint density at radius 2 is 2.56 bits per heavy atom. The summed E-state index contributed by atoms with van der Waals surface area (Å²) in [5.41, 5.74) is 0. The van der Waals surface area contributed by atoms with Crippen LogP contribution in [-0.2, 0) is 0 Å². The standard InChI is InChI=1S/C11H15ClN2OS/c1-14(7-8-3-2-5-13-8)11(15)10-9(12)4-6-16-10/h4,6,8,13H,2-3,5,7H2,1H3. The Labute approximate surface area is 104 Å². The Bertz CT molecular complexity index is 374. The van der Waals surface area contributed by atoms with Crippen LogP contribution in [0, 0.1) is 0 Å². The van der Waals surface area contributed by atoms with Crippen molar-refractivity contribution >= 4 is 28.8 Å². The van der Waals surface area contributed by atoms with Crippen molar-refractivity contribution in [3.63, 3.8) is 0 Å². The monoisotopic (exact) mass is 258 g/mol. The largest absolute Gasteiger partial charge is 0.339 e. The molecule has 0 saturated carbocycles. The molecule has 88 valence electrons. The second-order valence-corrected chi connectivity index (χ2v) is 5.40. The molecule has 1 atom stereocenters. The van der Waals surface area contributed by atoms with Crippen molar-refractivity contribution in [1.29, 1.82) is 0 Å². The summed E-state index contributed by atoms with van der Waals surface area (Å²) in [6.07, 6.45) is 2.35. The number of carbonyl (C=O) groups is 1. The molecule has 0 spiro atoms. The molecular weight excluding hydrogens is 244 g/mol. The second-order valence-electron chi connectivity index (χ2n) is 4.08. The number of likely N-dealkylation sites (N-methyl/N-ethyl adjacent to an activating group) is 1. The van der Waals surface area contributed by atoms with E-state index >= 15 is 0 Å². The zero-order chi connectivity index (χ0) is 11.5. The molecule has 0 bridgehead atoms. The number of thiophene rings is 1. The molecule has 0 aromatic carbocycles. The van der Waals surface area contributed by atoms with Crippen molar-refractivity contribution in [2.45, 2.75) is 18.9 Å². The van der Waals surface area contributed by atoms with Crippen LogP contribution in [-0.4, -0.2) is 37.0 Å². The lowest BCUT2D eigenvalue weighted by Crippen LogP contribution is -2.38. The van der Waals surface area contributed by atoms with Gasteiger partial charge in [0.05, 0.1) is 5.02 Å². The van der Waals surface area contributed by atoms with E-state index in [-0.39, 0.29) is 5.91 Å². The van der Waals surface area contributed by atoms with Crippen LogP contribution in [0.15, 0.2) is 11.4 Å². The van der Waals surface area contributed by atoms with Crippen LogP contribution in [0.2, 0.25) is 5.02 Å². The Hall–Kier alpha value is -0.580. The van der Waals surface area contributed by atoms with Gasteiger partial charge in [-0.3, -0.25) is 4.79 Å². The number of nitrogens with one attached hydrogen (secondary N) is 1. The number of amides is 1. The third kappa shape index (κ3) is 2.56. The summed E-state index contributed by atoms with van der Waals surface area (Å²) in [6.45, 7) is 1.82. The van der Waals surface area contributed by atoms with E-state index < -0.39 is 0 Å². The van der Waals surface area contributed by atoms with E-state index in [1.54, 1.807) is 11.0 Å². The van der Waals surface area contributed by atoms with Gasteiger partial charge >= 0.3 is 0 Å². The lowest BCUT2D eigenvalue weighted by molar-refractivity contribution is 0.0789. The van der Waals surface area contributed by atoms with Crippen molar-refractivity contribution in [3.8, 4) is 0 Å². The van der Waals surface area contributed by atoms with E-state index in [0.29, 0.717) is 15.9 Å². The predicted octanol–water partition coefficient (Wildman–Crippen LogP) is 2.23. The summed E-state index contributed by atoms with van der Waals surface area (Å²) >= 11 is 7.34. The molecule has 1 aliphatic heterocycles. The van der Waals surface area contributed by atoms with Crippen LogP contribution in [0.5, 0.6) is 0 Å². The van der Waals surface area contributed by atoms with Crippen LogP contribution in [0.1, 0.15) is 22.5 Å². The van der Waals surface area contributed by atoms with Crippen molar-refractivity contribution < 1.29 is 4.79 Å². The first kappa shape index (κ1) is 11.9. The number of rotatable bonds is 3. The Morgan fingerprint density at radius 1 is 1.75 bits per heavy atom. The molecule has 1 aromatic rings. The van der Waals surface area contributed by atoms with Crippen molar-refractivity contribution in [2.24, 2.45) is 0 Å². The van der Waals surface area contributed by atoms with Crippen molar-refractivity contribution in [3.05, 3.63) is 21.3 Å². The molecule has 1 N–H and O–H groups in total. The molecule has 1 fully saturated rings. The van der Waals surface area contributed by atoms with E-state index in [1.807, 2.05) is 12.4 Å². The third-order valence-corrected chi connectivity index (χ3v) is 4.14. The first-order valence-electron chi connectivity index (χ1n) is 5.40. The smallest absolute Gasteiger partial charge is 0.265 e. The molecule has 2 rings (SSSR count). The SMILES string of the molecule is CN(CC1CCCN1)C(=O)c1sccc1Cl. The maximum Gasteiger partial charge on any atom is 0.265 e. The summed E-state index contributed by atoms with van der Waals surface area (Å²) in [4.78, 5) is 14.4. The first-order chi connectivity index (χ1) is 7.68. The van der Waals surface area contributed by atoms with Gasteiger partial charge < -0.3 is 10.2 Å². The van der Waals surface area contributed by atoms with Gasteiger partial charge in [0.15, 0.2) is 0 Å². The van der Waals surface area contributed by atoms with Gasteiger partial charge in [0.25, 0.3) is 5.91 Å². The van der Waals surface area contributed by atoms with E-state index in [1.165, 1.54) is 17.8 Å². The number of halogens is 1. The van der Waals surface area contributed by atoms with E-state index in [9.17, 15) is 4.79 Å². The number of carbonyl (C=O) groups excluding carboxylic acids is 1.